The second-order valence-electron chi connectivity index (χ2n) is 4.12. The Balaban J connectivity index is 2.31. The molecule has 9 heteroatoms. The van der Waals surface area contributed by atoms with Gasteiger partial charge in [0.05, 0.1) is 27.5 Å². The molecule has 0 fully saturated rings. The van der Waals surface area contributed by atoms with Crippen LogP contribution < -0.4 is 16.2 Å². The molecule has 1 amide bonds. The maximum atomic E-state index is 12.0. The van der Waals surface area contributed by atoms with Crippen molar-refractivity contribution in [3.05, 3.63) is 47.2 Å². The van der Waals surface area contributed by atoms with Crippen LogP contribution in [0.25, 0.3) is 0 Å². The average Bonchev–Trinajstić information content (AvgIpc) is 2.40. The summed E-state index contributed by atoms with van der Waals surface area (Å²) in [6.07, 6.45) is 1.33. The summed E-state index contributed by atoms with van der Waals surface area (Å²) in [6.45, 7) is 0. The number of aromatic nitrogens is 1. The van der Waals surface area contributed by atoms with Crippen LogP contribution in [-0.4, -0.2) is 19.3 Å². The fourth-order valence-corrected chi connectivity index (χ4v) is 2.21. The van der Waals surface area contributed by atoms with Gasteiger partial charge in [0, 0.05) is 0 Å². The van der Waals surface area contributed by atoms with Crippen LogP contribution in [0, 0.1) is 0 Å². The summed E-state index contributed by atoms with van der Waals surface area (Å²) in [5, 5.41) is 7.66. The summed E-state index contributed by atoms with van der Waals surface area (Å²) in [4.78, 5) is 15.7. The maximum Gasteiger partial charge on any atom is 0.274 e. The summed E-state index contributed by atoms with van der Waals surface area (Å²) >= 11 is 5.91. The Morgan fingerprint density at radius 1 is 1.24 bits per heavy atom. The number of sulfonamides is 1. The first kappa shape index (κ1) is 15.2. The van der Waals surface area contributed by atoms with E-state index in [4.69, 9.17) is 22.5 Å². The minimum absolute atomic E-state index is 0.112. The van der Waals surface area contributed by atoms with E-state index in [1.165, 1.54) is 36.5 Å². The lowest BCUT2D eigenvalue weighted by atomic mass is 10.3. The van der Waals surface area contributed by atoms with Crippen molar-refractivity contribution < 1.29 is 13.2 Å². The minimum Gasteiger partial charge on any atom is -0.397 e. The molecule has 0 unspecified atom stereocenters. The quantitative estimate of drug-likeness (QED) is 0.781. The van der Waals surface area contributed by atoms with Crippen molar-refractivity contribution in [1.29, 1.82) is 0 Å². The second kappa shape index (κ2) is 5.68. The lowest BCUT2D eigenvalue weighted by Gasteiger charge is -2.08. The average molecular weight is 327 g/mol. The number of nitrogens with one attached hydrogen (secondary N) is 1. The fourth-order valence-electron chi connectivity index (χ4n) is 1.50. The molecule has 1 aromatic heterocycles. The highest BCUT2D eigenvalue weighted by Crippen LogP contribution is 2.25. The van der Waals surface area contributed by atoms with Gasteiger partial charge in [-0.1, -0.05) is 11.6 Å². The van der Waals surface area contributed by atoms with Crippen LogP contribution in [0.1, 0.15) is 10.5 Å². The summed E-state index contributed by atoms with van der Waals surface area (Å²) in [7, 11) is -3.89. The number of halogens is 1. The molecule has 0 saturated heterocycles. The predicted octanol–water partition coefficient (Wildman–Crippen LogP) is 1.22. The molecule has 0 atom stereocenters. The maximum absolute atomic E-state index is 12.0. The van der Waals surface area contributed by atoms with E-state index in [1.54, 1.807) is 0 Å². The lowest BCUT2D eigenvalue weighted by Crippen LogP contribution is -2.16. The van der Waals surface area contributed by atoms with E-state index in [1.807, 2.05) is 0 Å². The van der Waals surface area contributed by atoms with Gasteiger partial charge in [-0.25, -0.2) is 18.5 Å². The highest BCUT2D eigenvalue weighted by atomic mass is 35.5. The van der Waals surface area contributed by atoms with Gasteiger partial charge < -0.3 is 11.1 Å². The van der Waals surface area contributed by atoms with Gasteiger partial charge in [-0.2, -0.15) is 0 Å². The third-order valence-electron chi connectivity index (χ3n) is 2.53. The second-order valence-corrected chi connectivity index (χ2v) is 6.09. The Labute approximate surface area is 126 Å². The van der Waals surface area contributed by atoms with Crippen molar-refractivity contribution in [3.63, 3.8) is 0 Å². The van der Waals surface area contributed by atoms with E-state index < -0.39 is 15.9 Å². The van der Waals surface area contributed by atoms with Gasteiger partial charge in [-0.3, -0.25) is 4.79 Å². The molecule has 2 rings (SSSR count). The molecule has 0 spiro atoms. The Morgan fingerprint density at radius 3 is 2.52 bits per heavy atom. The molecule has 0 bridgehead atoms. The first-order valence-electron chi connectivity index (χ1n) is 5.62. The number of rotatable bonds is 3. The largest absolute Gasteiger partial charge is 0.397 e. The number of nitrogen functional groups attached to an aromatic ring is 1. The van der Waals surface area contributed by atoms with Crippen LogP contribution in [-0.2, 0) is 10.0 Å². The number of amides is 1. The van der Waals surface area contributed by atoms with Gasteiger partial charge in [-0.15, -0.1) is 0 Å². The van der Waals surface area contributed by atoms with Gasteiger partial charge in [0.25, 0.3) is 5.91 Å². The third-order valence-corrected chi connectivity index (χ3v) is 3.77. The van der Waals surface area contributed by atoms with Crippen LogP contribution >= 0.6 is 11.6 Å². The van der Waals surface area contributed by atoms with Crippen molar-refractivity contribution in [2.45, 2.75) is 4.90 Å². The number of carbonyl (C=O) groups excluding carboxylic acids is 1. The molecule has 0 saturated carbocycles. The number of anilines is 2. The van der Waals surface area contributed by atoms with Crippen LogP contribution in [0.15, 0.2) is 41.4 Å². The zero-order chi connectivity index (χ0) is 15.6. The number of hydrogen-bond acceptors (Lipinski definition) is 5. The first-order chi connectivity index (χ1) is 9.77. The Kier molecular flexibility index (Phi) is 4.12. The summed E-state index contributed by atoms with van der Waals surface area (Å²) < 4.78 is 22.6. The summed E-state index contributed by atoms with van der Waals surface area (Å²) in [5.41, 5.74) is 6.12. The van der Waals surface area contributed by atoms with Crippen molar-refractivity contribution in [1.82, 2.24) is 4.98 Å². The molecular formula is C12H11ClN4O3S. The number of hydrogen-bond donors (Lipinski definition) is 3. The lowest BCUT2D eigenvalue weighted by molar-refractivity contribution is 0.102. The van der Waals surface area contributed by atoms with E-state index in [9.17, 15) is 13.2 Å². The van der Waals surface area contributed by atoms with Crippen LogP contribution in [0.3, 0.4) is 0 Å². The first-order valence-corrected chi connectivity index (χ1v) is 7.55. The molecule has 0 aliphatic rings. The van der Waals surface area contributed by atoms with Gasteiger partial charge in [0.1, 0.15) is 5.69 Å². The van der Waals surface area contributed by atoms with Gasteiger partial charge in [0.2, 0.25) is 10.0 Å². The normalized spacial score (nSPS) is 11.1. The number of primary sulfonamides is 1. The van der Waals surface area contributed by atoms with E-state index >= 15 is 0 Å². The molecule has 7 nitrogen and oxygen atoms in total. The number of carbonyl (C=O) groups is 1. The smallest absolute Gasteiger partial charge is 0.274 e. The molecule has 1 aromatic carbocycles. The summed E-state index contributed by atoms with van der Waals surface area (Å²) in [5.74, 6) is -0.552. The minimum atomic E-state index is -3.89. The Bertz CT molecular complexity index is 791. The van der Waals surface area contributed by atoms with Gasteiger partial charge in [-0.05, 0) is 30.3 Å². The highest BCUT2D eigenvalue weighted by molar-refractivity contribution is 7.89. The van der Waals surface area contributed by atoms with Crippen LogP contribution in [0.2, 0.25) is 5.02 Å². The topological polar surface area (TPSA) is 128 Å². The molecule has 0 radical (unpaired) electrons. The molecule has 2 aromatic rings. The SMILES string of the molecule is Nc1ccc(C(=O)Nc2cc(S(N)(=O)=O)ccc2Cl)nc1. The molecular weight excluding hydrogens is 316 g/mol. The van der Waals surface area contributed by atoms with Crippen molar-refractivity contribution in [2.24, 2.45) is 5.14 Å². The monoisotopic (exact) mass is 326 g/mol. The zero-order valence-corrected chi connectivity index (χ0v) is 12.1. The number of nitrogens with two attached hydrogens (primary N) is 2. The van der Waals surface area contributed by atoms with E-state index in [0.717, 1.165) is 0 Å². The van der Waals surface area contributed by atoms with E-state index in [0.29, 0.717) is 5.69 Å². The molecule has 1 heterocycles. The van der Waals surface area contributed by atoms with E-state index in [-0.39, 0.29) is 21.3 Å². The van der Waals surface area contributed by atoms with Gasteiger partial charge >= 0.3 is 0 Å². The van der Waals surface area contributed by atoms with Crippen molar-refractivity contribution in [2.75, 3.05) is 11.1 Å². The third kappa shape index (κ3) is 3.69. The summed E-state index contributed by atoms with van der Waals surface area (Å²) in [6, 6.07) is 6.70. The zero-order valence-electron chi connectivity index (χ0n) is 10.6. The number of nitrogens with zero attached hydrogens (tertiary/aromatic N) is 1. The number of pyridine rings is 1. The van der Waals surface area contributed by atoms with Gasteiger partial charge in [0.15, 0.2) is 0 Å². The van der Waals surface area contributed by atoms with Crippen molar-refractivity contribution >= 4 is 38.9 Å². The molecule has 5 N–H and O–H groups in total. The Morgan fingerprint density at radius 2 is 1.95 bits per heavy atom. The molecule has 110 valence electrons. The molecule has 0 aliphatic carbocycles. The fraction of sp³-hybridized carbons (Fsp3) is 0. The van der Waals surface area contributed by atoms with E-state index in [2.05, 4.69) is 10.3 Å². The predicted molar refractivity (Wildman–Crippen MR) is 79.4 cm³/mol. The highest BCUT2D eigenvalue weighted by Gasteiger charge is 2.14. The van der Waals surface area contributed by atoms with Crippen molar-refractivity contribution in [3.8, 4) is 0 Å². The standard InChI is InChI=1S/C12H11ClN4O3S/c13-9-3-2-8(21(15,19)20)5-11(9)17-12(18)10-4-1-7(14)6-16-10/h1-6H,14H2,(H,17,18)(H2,15,19,20). The Hall–Kier alpha value is -2.16. The molecule has 0 aliphatic heterocycles. The molecule has 21 heavy (non-hydrogen) atoms. The number of benzene rings is 1. The van der Waals surface area contributed by atoms with Crippen LogP contribution in [0.4, 0.5) is 11.4 Å². The van der Waals surface area contributed by atoms with Crippen LogP contribution in [0.5, 0.6) is 0 Å².